The third-order valence-electron chi connectivity index (χ3n) is 5.98. The summed E-state index contributed by atoms with van der Waals surface area (Å²) in [6.07, 6.45) is 1.01. The Hall–Kier alpha value is -3.92. The maximum absolute atomic E-state index is 13.6. The average Bonchev–Trinajstić information content (AvgIpc) is 2.89. The van der Waals surface area contributed by atoms with Gasteiger partial charge in [0, 0.05) is 12.1 Å². The second kappa shape index (κ2) is 13.0. The van der Waals surface area contributed by atoms with Gasteiger partial charge in [-0.2, -0.15) is 0 Å². The van der Waals surface area contributed by atoms with Crippen LogP contribution in [0, 0.1) is 5.82 Å². The third-order valence-corrected chi connectivity index (χ3v) is 7.12. The zero-order chi connectivity index (χ0) is 29.5. The molecule has 0 saturated carbocycles. The van der Waals surface area contributed by atoms with E-state index in [1.807, 2.05) is 51.1 Å². The van der Waals surface area contributed by atoms with Crippen molar-refractivity contribution in [2.24, 2.45) is 0 Å². The van der Waals surface area contributed by atoms with E-state index < -0.39 is 45.8 Å². The van der Waals surface area contributed by atoms with E-state index in [2.05, 4.69) is 5.32 Å². The van der Waals surface area contributed by atoms with Crippen molar-refractivity contribution in [3.63, 3.8) is 0 Å². The number of benzene rings is 3. The number of carbonyl (C=O) groups excluding carboxylic acids is 2. The molecule has 2 amide bonds. The first-order valence-corrected chi connectivity index (χ1v) is 14.7. The molecule has 10 heteroatoms. The number of anilines is 1. The molecule has 0 bridgehead atoms. The van der Waals surface area contributed by atoms with Crippen LogP contribution in [-0.4, -0.2) is 49.5 Å². The second-order valence-corrected chi connectivity index (χ2v) is 12.5. The number of halogens is 1. The van der Waals surface area contributed by atoms with Gasteiger partial charge in [0.05, 0.1) is 11.9 Å². The second-order valence-electron chi connectivity index (χ2n) is 10.6. The molecule has 0 aliphatic carbocycles. The van der Waals surface area contributed by atoms with E-state index in [0.717, 1.165) is 16.1 Å². The number of amides is 2. The largest absolute Gasteiger partial charge is 0.489 e. The Labute approximate surface area is 235 Å². The summed E-state index contributed by atoms with van der Waals surface area (Å²) >= 11 is 0. The highest BCUT2D eigenvalue weighted by Crippen LogP contribution is 2.23. The molecule has 0 heterocycles. The SMILES string of the molecule is C[C@H](C(=O)NC(C)(C)C)N(Cc1ccc(F)cc1)C(=O)CN(c1ccc(OCc2ccccc2)cc1)S(C)(=O)=O. The van der Waals surface area contributed by atoms with Gasteiger partial charge in [-0.15, -0.1) is 0 Å². The molecule has 0 unspecified atom stereocenters. The van der Waals surface area contributed by atoms with Gasteiger partial charge in [-0.05, 0) is 75.2 Å². The minimum atomic E-state index is -3.87. The monoisotopic (exact) mass is 569 g/mol. The van der Waals surface area contributed by atoms with Gasteiger partial charge in [-0.25, -0.2) is 12.8 Å². The molecule has 0 fully saturated rings. The number of sulfonamides is 1. The number of nitrogens with zero attached hydrogens (tertiary/aromatic N) is 2. The molecule has 0 saturated heterocycles. The van der Waals surface area contributed by atoms with Crippen LogP contribution in [0.15, 0.2) is 78.9 Å². The van der Waals surface area contributed by atoms with Crippen molar-refractivity contribution < 1.29 is 27.1 Å². The summed E-state index contributed by atoms with van der Waals surface area (Å²) in [6, 6.07) is 20.7. The van der Waals surface area contributed by atoms with Gasteiger partial charge in [0.2, 0.25) is 21.8 Å². The quantitative estimate of drug-likeness (QED) is 0.367. The molecule has 1 atom stereocenters. The van der Waals surface area contributed by atoms with E-state index in [4.69, 9.17) is 4.74 Å². The van der Waals surface area contributed by atoms with Crippen LogP contribution in [0.5, 0.6) is 5.75 Å². The first-order chi connectivity index (χ1) is 18.7. The highest BCUT2D eigenvalue weighted by molar-refractivity contribution is 7.92. The molecule has 0 aliphatic rings. The third kappa shape index (κ3) is 9.08. The van der Waals surface area contributed by atoms with Crippen LogP contribution in [0.25, 0.3) is 0 Å². The summed E-state index contributed by atoms with van der Waals surface area (Å²) in [6.45, 7) is 6.85. The smallest absolute Gasteiger partial charge is 0.244 e. The van der Waals surface area contributed by atoms with Gasteiger partial charge in [0.1, 0.15) is 30.8 Å². The van der Waals surface area contributed by atoms with E-state index in [-0.39, 0.29) is 12.2 Å². The lowest BCUT2D eigenvalue weighted by Crippen LogP contribution is -2.54. The van der Waals surface area contributed by atoms with Crippen molar-refractivity contribution in [1.82, 2.24) is 10.2 Å². The van der Waals surface area contributed by atoms with Gasteiger partial charge in [0.15, 0.2) is 0 Å². The van der Waals surface area contributed by atoms with Crippen LogP contribution in [0.4, 0.5) is 10.1 Å². The molecular weight excluding hydrogens is 533 g/mol. The van der Waals surface area contributed by atoms with Crippen LogP contribution in [0.2, 0.25) is 0 Å². The zero-order valence-electron chi connectivity index (χ0n) is 23.4. The van der Waals surface area contributed by atoms with E-state index >= 15 is 0 Å². The molecular formula is C30H36FN3O5S. The van der Waals surface area contributed by atoms with Gasteiger partial charge in [0.25, 0.3) is 0 Å². The number of hydrogen-bond acceptors (Lipinski definition) is 5. The highest BCUT2D eigenvalue weighted by atomic mass is 32.2. The first kappa shape index (κ1) is 30.6. The Morgan fingerprint density at radius 2 is 1.52 bits per heavy atom. The number of rotatable bonds is 11. The van der Waals surface area contributed by atoms with E-state index in [9.17, 15) is 22.4 Å². The lowest BCUT2D eigenvalue weighted by molar-refractivity contribution is -0.140. The van der Waals surface area contributed by atoms with Crippen molar-refractivity contribution in [3.8, 4) is 5.75 Å². The topological polar surface area (TPSA) is 96.0 Å². The van der Waals surface area contributed by atoms with Crippen molar-refractivity contribution in [3.05, 3.63) is 95.8 Å². The molecule has 3 aromatic rings. The minimum Gasteiger partial charge on any atom is -0.489 e. The van der Waals surface area contributed by atoms with Crippen molar-refractivity contribution in [2.75, 3.05) is 17.1 Å². The predicted octanol–water partition coefficient (Wildman–Crippen LogP) is 4.50. The Balaban J connectivity index is 1.83. The Morgan fingerprint density at radius 3 is 2.08 bits per heavy atom. The summed E-state index contributed by atoms with van der Waals surface area (Å²) in [5.74, 6) is -0.873. The first-order valence-electron chi connectivity index (χ1n) is 12.8. The molecule has 214 valence electrons. The number of nitrogens with one attached hydrogen (secondary N) is 1. The predicted molar refractivity (Wildman–Crippen MR) is 154 cm³/mol. The van der Waals surface area contributed by atoms with Crippen LogP contribution in [0.1, 0.15) is 38.8 Å². The number of ether oxygens (including phenoxy) is 1. The summed E-state index contributed by atoms with van der Waals surface area (Å²) in [5.41, 5.74) is 1.31. The zero-order valence-corrected chi connectivity index (χ0v) is 24.2. The van der Waals surface area contributed by atoms with Crippen LogP contribution in [0.3, 0.4) is 0 Å². The summed E-state index contributed by atoms with van der Waals surface area (Å²) in [7, 11) is -3.87. The maximum atomic E-state index is 13.6. The molecule has 0 aliphatic heterocycles. The molecule has 0 aromatic heterocycles. The number of hydrogen-bond donors (Lipinski definition) is 1. The molecule has 1 N–H and O–H groups in total. The molecule has 8 nitrogen and oxygen atoms in total. The van der Waals surface area contributed by atoms with Crippen molar-refractivity contribution >= 4 is 27.5 Å². The average molecular weight is 570 g/mol. The van der Waals surface area contributed by atoms with Gasteiger partial charge >= 0.3 is 0 Å². The van der Waals surface area contributed by atoms with Crippen molar-refractivity contribution in [1.29, 1.82) is 0 Å². The van der Waals surface area contributed by atoms with E-state index in [1.165, 1.54) is 29.2 Å². The summed E-state index contributed by atoms with van der Waals surface area (Å²) < 4.78 is 45.8. The normalized spacial score (nSPS) is 12.3. The lowest BCUT2D eigenvalue weighted by atomic mass is 10.1. The molecule has 0 radical (unpaired) electrons. The maximum Gasteiger partial charge on any atom is 0.244 e. The lowest BCUT2D eigenvalue weighted by Gasteiger charge is -2.33. The van der Waals surface area contributed by atoms with Crippen LogP contribution >= 0.6 is 0 Å². The molecule has 0 spiro atoms. The minimum absolute atomic E-state index is 0.0122. The van der Waals surface area contributed by atoms with Crippen LogP contribution in [-0.2, 0) is 32.8 Å². The molecule has 40 heavy (non-hydrogen) atoms. The Kier molecular flexibility index (Phi) is 9.92. The number of carbonyl (C=O) groups is 2. The Bertz CT molecular complexity index is 1390. The van der Waals surface area contributed by atoms with Gasteiger partial charge in [-0.3, -0.25) is 13.9 Å². The van der Waals surface area contributed by atoms with E-state index in [1.54, 1.807) is 31.2 Å². The summed E-state index contributed by atoms with van der Waals surface area (Å²) in [5, 5.41) is 2.86. The van der Waals surface area contributed by atoms with Crippen LogP contribution < -0.4 is 14.4 Å². The Morgan fingerprint density at radius 1 is 0.925 bits per heavy atom. The molecule has 3 rings (SSSR count). The fourth-order valence-corrected chi connectivity index (χ4v) is 4.76. The van der Waals surface area contributed by atoms with Gasteiger partial charge in [-0.1, -0.05) is 42.5 Å². The fraction of sp³-hybridized carbons (Fsp3) is 0.333. The summed E-state index contributed by atoms with van der Waals surface area (Å²) in [4.78, 5) is 27.9. The standard InChI is InChI=1S/C30H36FN3O5S/c1-22(29(36)32-30(2,3)4)33(19-23-11-13-25(31)14-12-23)28(35)20-34(40(5,37)38)26-15-17-27(18-16-26)39-21-24-9-7-6-8-10-24/h6-18,22H,19-21H2,1-5H3,(H,32,36)/t22-/m1/s1. The fourth-order valence-electron chi connectivity index (χ4n) is 3.91. The molecule has 3 aromatic carbocycles. The van der Waals surface area contributed by atoms with Gasteiger partial charge < -0.3 is 15.0 Å². The highest BCUT2D eigenvalue weighted by Gasteiger charge is 2.31. The van der Waals surface area contributed by atoms with Crippen molar-refractivity contribution in [2.45, 2.75) is 52.4 Å². The van der Waals surface area contributed by atoms with E-state index in [0.29, 0.717) is 17.9 Å².